The molecule has 0 amide bonds. The zero-order valence-corrected chi connectivity index (χ0v) is 19.7. The monoisotopic (exact) mass is 445 g/mol. The molecule has 0 bridgehead atoms. The Bertz CT molecular complexity index is 402. The molecule has 4 atom stereocenters. The SMILES string of the molecule is NCCCC[C@@H]1CN[C@@H](CCCCNCl)CN[C@@H]2CCCC[C@H]2NCCNCCN1. The molecule has 0 unspecified atom stereocenters. The van der Waals surface area contributed by atoms with E-state index in [4.69, 9.17) is 17.5 Å². The van der Waals surface area contributed by atoms with E-state index in [1.54, 1.807) is 0 Å². The van der Waals surface area contributed by atoms with E-state index in [0.29, 0.717) is 24.2 Å². The minimum atomic E-state index is 0.505. The second-order valence-corrected chi connectivity index (χ2v) is 9.30. The van der Waals surface area contributed by atoms with Crippen LogP contribution in [0.5, 0.6) is 0 Å². The second kappa shape index (κ2) is 17.6. The minimum Gasteiger partial charge on any atom is -0.330 e. The van der Waals surface area contributed by atoms with Gasteiger partial charge in [-0.25, -0.2) is 4.84 Å². The fourth-order valence-electron chi connectivity index (χ4n) is 4.73. The van der Waals surface area contributed by atoms with Crippen molar-refractivity contribution in [3.05, 3.63) is 0 Å². The Kier molecular flexibility index (Phi) is 15.4. The first-order valence-corrected chi connectivity index (χ1v) is 12.9. The van der Waals surface area contributed by atoms with Gasteiger partial charge in [-0.2, -0.15) is 0 Å². The molecule has 178 valence electrons. The third-order valence-electron chi connectivity index (χ3n) is 6.57. The first-order chi connectivity index (χ1) is 14.8. The van der Waals surface area contributed by atoms with Crippen LogP contribution in [0.3, 0.4) is 0 Å². The molecule has 7 nitrogen and oxygen atoms in total. The number of nitrogens with two attached hydrogens (primary N) is 1. The van der Waals surface area contributed by atoms with Gasteiger partial charge in [0.25, 0.3) is 0 Å². The Labute approximate surface area is 189 Å². The van der Waals surface area contributed by atoms with Crippen LogP contribution in [0.1, 0.15) is 64.2 Å². The summed E-state index contributed by atoms with van der Waals surface area (Å²) in [5.74, 6) is 0. The predicted molar refractivity (Wildman–Crippen MR) is 129 cm³/mol. The number of hydrogen-bond donors (Lipinski definition) is 7. The molecule has 2 rings (SSSR count). The summed E-state index contributed by atoms with van der Waals surface area (Å²) < 4.78 is 0. The summed E-state index contributed by atoms with van der Waals surface area (Å²) in [6.45, 7) is 7.88. The zero-order valence-electron chi connectivity index (χ0n) is 19.0. The van der Waals surface area contributed by atoms with Gasteiger partial charge in [-0.3, -0.25) is 0 Å². The van der Waals surface area contributed by atoms with Gasteiger partial charge in [-0.15, -0.1) is 0 Å². The fraction of sp³-hybridized carbons (Fsp3) is 1.00. The molecule has 0 aromatic rings. The topological polar surface area (TPSA) is 98.2 Å². The second-order valence-electron chi connectivity index (χ2n) is 9.03. The lowest BCUT2D eigenvalue weighted by atomic mass is 9.90. The number of nitrogens with one attached hydrogen (secondary N) is 6. The molecule has 2 fully saturated rings. The highest BCUT2D eigenvalue weighted by molar-refractivity contribution is 6.13. The average molecular weight is 446 g/mol. The molecule has 1 aliphatic carbocycles. The largest absolute Gasteiger partial charge is 0.330 e. The summed E-state index contributed by atoms with van der Waals surface area (Å²) in [6, 6.07) is 2.21. The molecule has 8 N–H and O–H groups in total. The van der Waals surface area contributed by atoms with Gasteiger partial charge in [0.05, 0.1) is 0 Å². The Hall–Kier alpha value is 0.01000. The van der Waals surface area contributed by atoms with E-state index >= 15 is 0 Å². The minimum absolute atomic E-state index is 0.505. The molecule has 0 aromatic carbocycles. The molecular weight excluding hydrogens is 398 g/mol. The molecular formula is C22H48ClN7. The highest BCUT2D eigenvalue weighted by atomic mass is 35.5. The maximum absolute atomic E-state index is 5.71. The van der Waals surface area contributed by atoms with Gasteiger partial charge in [-0.1, -0.05) is 25.7 Å². The van der Waals surface area contributed by atoms with Crippen LogP contribution >= 0.6 is 11.8 Å². The average Bonchev–Trinajstić information content (AvgIpc) is 2.77. The zero-order chi connectivity index (χ0) is 21.3. The van der Waals surface area contributed by atoms with Crippen LogP contribution in [0.25, 0.3) is 0 Å². The van der Waals surface area contributed by atoms with Crippen LogP contribution in [0.2, 0.25) is 0 Å². The fourth-order valence-corrected chi connectivity index (χ4v) is 4.86. The van der Waals surface area contributed by atoms with Crippen LogP contribution in [-0.4, -0.2) is 76.5 Å². The summed E-state index contributed by atoms with van der Waals surface area (Å²) in [7, 11) is 0. The van der Waals surface area contributed by atoms with E-state index in [1.807, 2.05) is 0 Å². The molecule has 1 aliphatic heterocycles. The van der Waals surface area contributed by atoms with Crippen LogP contribution in [0, 0.1) is 0 Å². The molecule has 30 heavy (non-hydrogen) atoms. The Morgan fingerprint density at radius 3 is 2.10 bits per heavy atom. The summed E-state index contributed by atoms with van der Waals surface area (Å²) in [5, 5.41) is 19.0. The predicted octanol–water partition coefficient (Wildman–Crippen LogP) is 1.04. The van der Waals surface area contributed by atoms with Crippen LogP contribution < -0.4 is 37.2 Å². The van der Waals surface area contributed by atoms with E-state index < -0.39 is 0 Å². The van der Waals surface area contributed by atoms with Crippen molar-refractivity contribution in [2.45, 2.75) is 88.4 Å². The van der Waals surface area contributed by atoms with Gasteiger partial charge >= 0.3 is 0 Å². The first-order valence-electron chi connectivity index (χ1n) is 12.5. The maximum Gasteiger partial charge on any atom is 0.0221 e. The number of fused-ring (bicyclic) bond motifs is 1. The standard InChI is InChI=1S/C22H48ClN7/c23-30-12-6-4-8-20-18-29-22-10-2-1-9-21(22)27-16-14-25-13-15-26-19(17-28-20)7-3-5-11-24/h19-22,25-30H,1-18,24H2/t19-,20+,21-,22-/m1/s1. The molecule has 0 spiro atoms. The van der Waals surface area contributed by atoms with Gasteiger partial charge < -0.3 is 32.3 Å². The van der Waals surface area contributed by atoms with Gasteiger partial charge in [0, 0.05) is 70.0 Å². The molecule has 8 heteroatoms. The third-order valence-corrected chi connectivity index (χ3v) is 6.76. The number of hydrogen-bond acceptors (Lipinski definition) is 7. The Morgan fingerprint density at radius 1 is 0.733 bits per heavy atom. The van der Waals surface area contributed by atoms with Crippen molar-refractivity contribution in [1.82, 2.24) is 31.4 Å². The van der Waals surface area contributed by atoms with Crippen LogP contribution in [0.4, 0.5) is 0 Å². The molecule has 2 aliphatic rings. The molecule has 1 saturated carbocycles. The van der Waals surface area contributed by atoms with E-state index in [0.717, 1.165) is 65.2 Å². The van der Waals surface area contributed by atoms with Crippen LogP contribution in [0.15, 0.2) is 0 Å². The molecule has 1 saturated heterocycles. The summed E-state index contributed by atoms with van der Waals surface area (Å²) in [5.41, 5.74) is 5.71. The van der Waals surface area contributed by atoms with Crippen molar-refractivity contribution >= 4 is 11.8 Å². The van der Waals surface area contributed by atoms with Crippen molar-refractivity contribution in [3.63, 3.8) is 0 Å². The third kappa shape index (κ3) is 11.6. The lowest BCUT2D eigenvalue weighted by molar-refractivity contribution is 0.271. The van der Waals surface area contributed by atoms with Crippen LogP contribution in [-0.2, 0) is 0 Å². The lowest BCUT2D eigenvalue weighted by Crippen LogP contribution is -2.54. The smallest absolute Gasteiger partial charge is 0.0221 e. The summed E-state index contributed by atoms with van der Waals surface area (Å²) >= 11 is 5.63. The van der Waals surface area contributed by atoms with E-state index in [2.05, 4.69) is 31.4 Å². The summed E-state index contributed by atoms with van der Waals surface area (Å²) in [6.07, 6.45) is 12.3. The van der Waals surface area contributed by atoms with E-state index in [1.165, 1.54) is 51.4 Å². The van der Waals surface area contributed by atoms with E-state index in [-0.39, 0.29) is 0 Å². The highest BCUT2D eigenvalue weighted by Crippen LogP contribution is 2.18. The first kappa shape index (κ1) is 26.3. The van der Waals surface area contributed by atoms with Gasteiger partial charge in [0.1, 0.15) is 0 Å². The van der Waals surface area contributed by atoms with E-state index in [9.17, 15) is 0 Å². The molecule has 0 radical (unpaired) electrons. The van der Waals surface area contributed by atoms with Crippen molar-refractivity contribution in [2.75, 3.05) is 52.4 Å². The van der Waals surface area contributed by atoms with Gasteiger partial charge in [0.2, 0.25) is 0 Å². The van der Waals surface area contributed by atoms with Crippen molar-refractivity contribution in [2.24, 2.45) is 5.73 Å². The highest BCUT2D eigenvalue weighted by Gasteiger charge is 2.25. The van der Waals surface area contributed by atoms with Crippen molar-refractivity contribution in [1.29, 1.82) is 0 Å². The number of unbranched alkanes of at least 4 members (excludes halogenated alkanes) is 2. The molecule has 1 heterocycles. The van der Waals surface area contributed by atoms with Gasteiger partial charge in [0.15, 0.2) is 0 Å². The van der Waals surface area contributed by atoms with Crippen molar-refractivity contribution < 1.29 is 0 Å². The lowest BCUT2D eigenvalue weighted by Gasteiger charge is -2.34. The van der Waals surface area contributed by atoms with Gasteiger partial charge in [-0.05, 0) is 56.8 Å². The molecule has 0 aromatic heterocycles. The maximum atomic E-state index is 5.71. The quantitative estimate of drug-likeness (QED) is 0.210. The normalized spacial score (nSPS) is 30.2. The van der Waals surface area contributed by atoms with Crippen molar-refractivity contribution in [3.8, 4) is 0 Å². The Balaban J connectivity index is 1.92. The number of rotatable bonds is 9. The number of halogens is 1. The Morgan fingerprint density at radius 2 is 1.37 bits per heavy atom. The summed E-state index contributed by atoms with van der Waals surface area (Å²) in [4.78, 5) is 2.75.